The van der Waals surface area contributed by atoms with E-state index in [4.69, 9.17) is 4.42 Å². The van der Waals surface area contributed by atoms with Crippen LogP contribution in [0.4, 0.5) is 0 Å². The normalized spacial score (nSPS) is 14.9. The van der Waals surface area contributed by atoms with E-state index in [1.54, 1.807) is 0 Å². The number of carbonyl (C=O) groups excluding carboxylic acids is 1. The van der Waals surface area contributed by atoms with Crippen LogP contribution >= 0.6 is 0 Å². The largest absolute Gasteiger partial charge is 0.460 e. The number of hydrogen-bond acceptors (Lipinski definition) is 2. The first-order valence-corrected chi connectivity index (χ1v) is 6.22. The maximum Gasteiger partial charge on any atom is 0.150 e. The van der Waals surface area contributed by atoms with Crippen LogP contribution in [0.2, 0.25) is 0 Å². The van der Waals surface area contributed by atoms with E-state index in [9.17, 15) is 4.79 Å². The van der Waals surface area contributed by atoms with Crippen LogP contribution in [0.15, 0.2) is 10.5 Å². The first-order chi connectivity index (χ1) is 8.22. The van der Waals surface area contributed by atoms with Crippen LogP contribution in [0.1, 0.15) is 45.7 Å². The van der Waals surface area contributed by atoms with Crippen LogP contribution < -0.4 is 0 Å². The second-order valence-electron chi connectivity index (χ2n) is 4.94. The minimum atomic E-state index is 0.751. The molecule has 0 unspecified atom stereocenters. The molecule has 1 aromatic carbocycles. The fourth-order valence-corrected chi connectivity index (χ4v) is 2.91. The zero-order valence-electron chi connectivity index (χ0n) is 10.3. The number of rotatable bonds is 1. The summed E-state index contributed by atoms with van der Waals surface area (Å²) in [5, 5.41) is 1.25. The molecule has 2 nitrogen and oxygen atoms in total. The van der Waals surface area contributed by atoms with Crippen LogP contribution in [-0.4, -0.2) is 6.29 Å². The van der Waals surface area contributed by atoms with Gasteiger partial charge in [0.15, 0.2) is 0 Å². The van der Waals surface area contributed by atoms with E-state index in [2.05, 4.69) is 6.92 Å². The number of carbonyl (C=O) groups is 1. The quantitative estimate of drug-likeness (QED) is 0.696. The van der Waals surface area contributed by atoms with E-state index in [0.29, 0.717) is 0 Å². The van der Waals surface area contributed by atoms with Crippen molar-refractivity contribution in [1.29, 1.82) is 0 Å². The van der Waals surface area contributed by atoms with Crippen LogP contribution in [0, 0.1) is 13.8 Å². The molecule has 0 fully saturated rings. The maximum absolute atomic E-state index is 11.0. The lowest BCUT2D eigenvalue weighted by molar-refractivity contribution is 0.112. The summed E-state index contributed by atoms with van der Waals surface area (Å²) >= 11 is 0. The molecule has 0 aliphatic heterocycles. The zero-order valence-corrected chi connectivity index (χ0v) is 10.3. The summed E-state index contributed by atoms with van der Waals surface area (Å²) in [5.74, 6) is 1.14. The Kier molecular flexibility index (Phi) is 2.32. The molecule has 0 saturated carbocycles. The molecule has 1 heterocycles. The van der Waals surface area contributed by atoms with Gasteiger partial charge in [-0.25, -0.2) is 0 Å². The van der Waals surface area contributed by atoms with E-state index in [1.165, 1.54) is 29.4 Å². The van der Waals surface area contributed by atoms with Crippen LogP contribution in [-0.2, 0) is 12.8 Å². The Morgan fingerprint density at radius 3 is 2.76 bits per heavy atom. The summed E-state index contributed by atoms with van der Waals surface area (Å²) in [6.45, 7) is 4.04. The predicted octanol–water partition coefficient (Wildman–Crippen LogP) is 3.74. The number of benzene rings is 1. The molecule has 2 heteroatoms. The zero-order chi connectivity index (χ0) is 12.0. The van der Waals surface area contributed by atoms with Crippen LogP contribution in [0.3, 0.4) is 0 Å². The first-order valence-electron chi connectivity index (χ1n) is 6.22. The molecule has 3 rings (SSSR count). The summed E-state index contributed by atoms with van der Waals surface area (Å²) in [4.78, 5) is 11.0. The monoisotopic (exact) mass is 228 g/mol. The van der Waals surface area contributed by atoms with Gasteiger partial charge in [0, 0.05) is 28.5 Å². The van der Waals surface area contributed by atoms with Crippen molar-refractivity contribution in [3.63, 3.8) is 0 Å². The molecule has 1 aliphatic rings. The van der Waals surface area contributed by atoms with Crippen molar-refractivity contribution < 1.29 is 9.21 Å². The Balaban J connectivity index is 2.41. The summed E-state index contributed by atoms with van der Waals surface area (Å²) < 4.78 is 5.99. The van der Waals surface area contributed by atoms with Gasteiger partial charge < -0.3 is 4.42 Å². The average Bonchev–Trinajstić information content (AvgIpc) is 2.73. The SMILES string of the molecule is Cc1c(C=O)cc(C)c2c3c(oc12)CCCC3. The van der Waals surface area contributed by atoms with Crippen molar-refractivity contribution in [2.75, 3.05) is 0 Å². The molecular weight excluding hydrogens is 212 g/mol. The highest BCUT2D eigenvalue weighted by Crippen LogP contribution is 2.36. The Morgan fingerprint density at radius 1 is 1.24 bits per heavy atom. The second-order valence-corrected chi connectivity index (χ2v) is 4.94. The standard InChI is InChI=1S/C15H16O2/c1-9-7-11(8-16)10(2)15-14(9)12-5-3-4-6-13(12)17-15/h7-8H,3-6H2,1-2H3. The molecule has 88 valence electrons. The van der Waals surface area contributed by atoms with E-state index in [0.717, 1.165) is 41.6 Å². The summed E-state index contributed by atoms with van der Waals surface area (Å²) in [6, 6.07) is 1.98. The lowest BCUT2D eigenvalue weighted by Gasteiger charge is -2.09. The molecule has 0 bridgehead atoms. The van der Waals surface area contributed by atoms with E-state index in [-0.39, 0.29) is 0 Å². The number of aryl methyl sites for hydroxylation is 4. The Hall–Kier alpha value is -1.57. The molecule has 0 saturated heterocycles. The summed E-state index contributed by atoms with van der Waals surface area (Å²) in [6.07, 6.45) is 5.53. The smallest absolute Gasteiger partial charge is 0.150 e. The van der Waals surface area contributed by atoms with Crippen molar-refractivity contribution in [1.82, 2.24) is 0 Å². The number of hydrogen-bond donors (Lipinski definition) is 0. The minimum Gasteiger partial charge on any atom is -0.460 e. The first kappa shape index (κ1) is 10.6. The van der Waals surface area contributed by atoms with Crippen molar-refractivity contribution in [3.8, 4) is 0 Å². The predicted molar refractivity (Wildman–Crippen MR) is 67.7 cm³/mol. The molecule has 0 amide bonds. The fourth-order valence-electron chi connectivity index (χ4n) is 2.91. The Morgan fingerprint density at radius 2 is 2.00 bits per heavy atom. The Bertz CT molecular complexity index is 605. The maximum atomic E-state index is 11.0. The van der Waals surface area contributed by atoms with Gasteiger partial charge in [-0.2, -0.15) is 0 Å². The minimum absolute atomic E-state index is 0.751. The summed E-state index contributed by atoms with van der Waals surface area (Å²) in [5.41, 5.74) is 5.21. The van der Waals surface area contributed by atoms with E-state index >= 15 is 0 Å². The molecule has 2 aromatic rings. The van der Waals surface area contributed by atoms with Gasteiger partial charge in [0.05, 0.1) is 0 Å². The molecule has 1 aromatic heterocycles. The molecule has 1 aliphatic carbocycles. The summed E-state index contributed by atoms with van der Waals surface area (Å²) in [7, 11) is 0. The lowest BCUT2D eigenvalue weighted by Crippen LogP contribution is -1.99. The number of fused-ring (bicyclic) bond motifs is 3. The fraction of sp³-hybridized carbons (Fsp3) is 0.400. The third-order valence-corrected chi connectivity index (χ3v) is 3.84. The van der Waals surface area contributed by atoms with Crippen molar-refractivity contribution >= 4 is 17.3 Å². The molecule has 0 spiro atoms. The molecule has 17 heavy (non-hydrogen) atoms. The topological polar surface area (TPSA) is 30.2 Å². The van der Waals surface area contributed by atoms with Crippen molar-refractivity contribution in [2.45, 2.75) is 39.5 Å². The van der Waals surface area contributed by atoms with Gasteiger partial charge >= 0.3 is 0 Å². The van der Waals surface area contributed by atoms with E-state index < -0.39 is 0 Å². The highest BCUT2D eigenvalue weighted by Gasteiger charge is 2.21. The molecular formula is C15H16O2. The van der Waals surface area contributed by atoms with Gasteiger partial charge in [-0.1, -0.05) is 0 Å². The van der Waals surface area contributed by atoms with Gasteiger partial charge in [-0.15, -0.1) is 0 Å². The van der Waals surface area contributed by atoms with Crippen LogP contribution in [0.25, 0.3) is 11.0 Å². The highest BCUT2D eigenvalue weighted by atomic mass is 16.3. The van der Waals surface area contributed by atoms with Gasteiger partial charge in [0.1, 0.15) is 17.6 Å². The number of furan rings is 1. The second kappa shape index (κ2) is 3.73. The third-order valence-electron chi connectivity index (χ3n) is 3.84. The van der Waals surface area contributed by atoms with Crippen molar-refractivity contribution in [3.05, 3.63) is 34.1 Å². The van der Waals surface area contributed by atoms with Gasteiger partial charge in [-0.05, 0) is 44.7 Å². The molecule has 0 radical (unpaired) electrons. The highest BCUT2D eigenvalue weighted by molar-refractivity contribution is 5.94. The van der Waals surface area contributed by atoms with Crippen LogP contribution in [0.5, 0.6) is 0 Å². The van der Waals surface area contributed by atoms with Gasteiger partial charge in [-0.3, -0.25) is 4.79 Å². The average molecular weight is 228 g/mol. The van der Waals surface area contributed by atoms with Gasteiger partial charge in [0.2, 0.25) is 0 Å². The Labute approximate surface area is 101 Å². The lowest BCUT2D eigenvalue weighted by atomic mass is 9.92. The van der Waals surface area contributed by atoms with E-state index in [1.807, 2.05) is 13.0 Å². The van der Waals surface area contributed by atoms with Crippen molar-refractivity contribution in [2.24, 2.45) is 0 Å². The molecule has 0 atom stereocenters. The third kappa shape index (κ3) is 1.43. The molecule has 0 N–H and O–H groups in total. The number of aldehydes is 1. The van der Waals surface area contributed by atoms with Gasteiger partial charge in [0.25, 0.3) is 0 Å².